The number of hydrogen-bond donors (Lipinski definition) is 0. The molecule has 0 N–H and O–H groups in total. The van der Waals surface area contributed by atoms with Crippen LogP contribution in [0.1, 0.15) is 25.1 Å². The zero-order valence-electron chi connectivity index (χ0n) is 14.9. The summed E-state index contributed by atoms with van der Waals surface area (Å²) >= 11 is 1.72. The minimum Gasteiger partial charge on any atom is -0.465 e. The summed E-state index contributed by atoms with van der Waals surface area (Å²) < 4.78 is 5.21. The average molecular weight is 380 g/mol. The number of esters is 1. The monoisotopic (exact) mass is 380 g/mol. The second-order valence-corrected chi connectivity index (χ2v) is 7.47. The number of hydrazone groups is 1. The van der Waals surface area contributed by atoms with Gasteiger partial charge in [-0.2, -0.15) is 5.10 Å². The van der Waals surface area contributed by atoms with Crippen molar-refractivity contribution >= 4 is 29.8 Å². The minimum atomic E-state index is -0.560. The maximum atomic E-state index is 12.4. The number of thioether (sulfide) groups is 1. The molecule has 4 rings (SSSR count). The zero-order chi connectivity index (χ0) is 18.6. The first kappa shape index (κ1) is 17.7. The highest BCUT2D eigenvalue weighted by atomic mass is 32.2. The number of nitrogens with zero attached hydrogens (tertiary/aromatic N) is 4. The van der Waals surface area contributed by atoms with E-state index in [-0.39, 0.29) is 17.4 Å². The van der Waals surface area contributed by atoms with E-state index in [2.05, 4.69) is 22.2 Å². The highest BCUT2D eigenvalue weighted by Gasteiger charge is 2.42. The fraction of sp³-hybridized carbons (Fsp3) is 0.300. The summed E-state index contributed by atoms with van der Waals surface area (Å²) in [5.41, 5.74) is 0.901. The Morgan fingerprint density at radius 3 is 2.78 bits per heavy atom. The van der Waals surface area contributed by atoms with Gasteiger partial charge in [0.2, 0.25) is 0 Å². The quantitative estimate of drug-likeness (QED) is 0.743. The number of aliphatic imine (C=N–C) groups is 1. The SMILES string of the molecule is CCOC(=O)C1C=NN2C1=NC(c1ccccn1)CC2Sc1ccccc1. The highest BCUT2D eigenvalue weighted by Crippen LogP contribution is 2.40. The van der Waals surface area contributed by atoms with Gasteiger partial charge in [-0.25, -0.2) is 5.01 Å². The molecule has 1 aromatic carbocycles. The molecule has 6 nitrogen and oxygen atoms in total. The molecule has 3 atom stereocenters. The van der Waals surface area contributed by atoms with Crippen molar-refractivity contribution in [2.75, 3.05) is 6.61 Å². The van der Waals surface area contributed by atoms with E-state index in [1.54, 1.807) is 31.1 Å². The maximum Gasteiger partial charge on any atom is 0.322 e. The topological polar surface area (TPSA) is 67.2 Å². The Hall–Kier alpha value is -2.67. The van der Waals surface area contributed by atoms with Gasteiger partial charge >= 0.3 is 5.97 Å². The Balaban J connectivity index is 1.66. The summed E-state index contributed by atoms with van der Waals surface area (Å²) in [7, 11) is 0. The minimum absolute atomic E-state index is 0.0302. The molecular weight excluding hydrogens is 360 g/mol. The summed E-state index contributed by atoms with van der Waals surface area (Å²) in [4.78, 5) is 22.8. The average Bonchev–Trinajstić information content (AvgIpc) is 3.14. The molecule has 0 aliphatic carbocycles. The molecule has 2 aliphatic heterocycles. The standard InChI is InChI=1S/C20H20N4O2S/c1-2-26-20(25)15-13-22-24-18(27-14-8-4-3-5-9-14)12-17(23-19(15)24)16-10-6-7-11-21-16/h3-11,13,15,17-18H,2,12H2,1H3. The van der Waals surface area contributed by atoms with Gasteiger partial charge in [0.25, 0.3) is 0 Å². The molecule has 0 fully saturated rings. The maximum absolute atomic E-state index is 12.4. The first-order valence-corrected chi connectivity index (χ1v) is 9.84. The molecule has 0 amide bonds. The number of hydrogen-bond acceptors (Lipinski definition) is 7. The highest BCUT2D eigenvalue weighted by molar-refractivity contribution is 7.99. The van der Waals surface area contributed by atoms with Gasteiger partial charge in [0.05, 0.1) is 18.3 Å². The summed E-state index contributed by atoms with van der Waals surface area (Å²) in [6.07, 6.45) is 4.17. The Kier molecular flexibility index (Phi) is 5.20. The summed E-state index contributed by atoms with van der Waals surface area (Å²) in [6, 6.07) is 15.9. The number of amidine groups is 1. The third-order valence-corrected chi connectivity index (χ3v) is 5.63. The fourth-order valence-electron chi connectivity index (χ4n) is 3.18. The first-order valence-electron chi connectivity index (χ1n) is 8.96. The van der Waals surface area contributed by atoms with Crippen LogP contribution in [-0.4, -0.2) is 40.0 Å². The molecule has 2 aromatic rings. The summed E-state index contributed by atoms with van der Waals surface area (Å²) in [6.45, 7) is 2.14. The van der Waals surface area contributed by atoms with E-state index in [4.69, 9.17) is 9.73 Å². The normalized spacial score (nSPS) is 23.7. The van der Waals surface area contributed by atoms with Gasteiger partial charge < -0.3 is 4.74 Å². The summed E-state index contributed by atoms with van der Waals surface area (Å²) in [5, 5.41) is 6.37. The third-order valence-electron chi connectivity index (χ3n) is 4.42. The lowest BCUT2D eigenvalue weighted by Gasteiger charge is -2.34. The third kappa shape index (κ3) is 3.73. The molecule has 27 heavy (non-hydrogen) atoms. The lowest BCUT2D eigenvalue weighted by molar-refractivity contribution is -0.143. The van der Waals surface area contributed by atoms with Crippen molar-refractivity contribution < 1.29 is 9.53 Å². The lowest BCUT2D eigenvalue weighted by atomic mass is 10.0. The van der Waals surface area contributed by atoms with E-state index in [1.165, 1.54) is 0 Å². The predicted octanol–water partition coefficient (Wildman–Crippen LogP) is 3.52. The molecule has 1 aromatic heterocycles. The van der Waals surface area contributed by atoms with Crippen LogP contribution in [0.4, 0.5) is 0 Å². The van der Waals surface area contributed by atoms with Crippen LogP contribution in [0.3, 0.4) is 0 Å². The van der Waals surface area contributed by atoms with E-state index in [9.17, 15) is 4.79 Å². The number of carbonyl (C=O) groups excluding carboxylic acids is 1. The van der Waals surface area contributed by atoms with Crippen molar-refractivity contribution in [3.05, 3.63) is 60.4 Å². The van der Waals surface area contributed by atoms with Crippen LogP contribution in [0, 0.1) is 5.92 Å². The van der Waals surface area contributed by atoms with Gasteiger partial charge in [-0.3, -0.25) is 14.8 Å². The van der Waals surface area contributed by atoms with Gasteiger partial charge in [-0.05, 0) is 31.2 Å². The van der Waals surface area contributed by atoms with E-state index in [0.29, 0.717) is 12.4 Å². The van der Waals surface area contributed by atoms with Crippen molar-refractivity contribution in [2.24, 2.45) is 16.0 Å². The number of carbonyl (C=O) groups is 1. The largest absolute Gasteiger partial charge is 0.465 e. The van der Waals surface area contributed by atoms with Gasteiger partial charge in [0.15, 0.2) is 5.92 Å². The lowest BCUT2D eigenvalue weighted by Crippen LogP contribution is -2.41. The number of rotatable bonds is 5. The van der Waals surface area contributed by atoms with Crippen LogP contribution in [0.25, 0.3) is 0 Å². The van der Waals surface area contributed by atoms with Gasteiger partial charge in [-0.15, -0.1) is 0 Å². The molecule has 0 radical (unpaired) electrons. The van der Waals surface area contributed by atoms with Gasteiger partial charge in [0, 0.05) is 23.7 Å². The van der Waals surface area contributed by atoms with Crippen LogP contribution >= 0.6 is 11.8 Å². The number of ether oxygens (including phenoxy) is 1. The zero-order valence-corrected chi connectivity index (χ0v) is 15.7. The van der Waals surface area contributed by atoms with Crippen molar-refractivity contribution in [3.8, 4) is 0 Å². The first-order chi connectivity index (χ1) is 13.3. The predicted molar refractivity (Wildman–Crippen MR) is 106 cm³/mol. The van der Waals surface area contributed by atoms with E-state index in [0.717, 1.165) is 17.0 Å². The molecule has 0 bridgehead atoms. The molecule has 0 saturated carbocycles. The van der Waals surface area contributed by atoms with Crippen molar-refractivity contribution in [2.45, 2.75) is 29.7 Å². The number of pyridine rings is 1. The molecular formula is C20H20N4O2S. The Bertz CT molecular complexity index is 857. The number of fused-ring (bicyclic) bond motifs is 1. The molecule has 138 valence electrons. The fourth-order valence-corrected chi connectivity index (χ4v) is 4.35. The second kappa shape index (κ2) is 7.92. The number of aromatic nitrogens is 1. The van der Waals surface area contributed by atoms with Gasteiger partial charge in [0.1, 0.15) is 11.2 Å². The van der Waals surface area contributed by atoms with Crippen molar-refractivity contribution in [1.82, 2.24) is 9.99 Å². The summed E-state index contributed by atoms with van der Waals surface area (Å²) in [5.74, 6) is -0.230. The molecule has 3 unspecified atom stereocenters. The Morgan fingerprint density at radius 1 is 1.22 bits per heavy atom. The molecule has 0 spiro atoms. The van der Waals surface area contributed by atoms with Crippen LogP contribution < -0.4 is 0 Å². The van der Waals surface area contributed by atoms with Gasteiger partial charge in [-0.1, -0.05) is 36.0 Å². The van der Waals surface area contributed by atoms with E-state index < -0.39 is 5.92 Å². The van der Waals surface area contributed by atoms with Crippen LogP contribution in [0.5, 0.6) is 0 Å². The van der Waals surface area contributed by atoms with Crippen molar-refractivity contribution in [3.63, 3.8) is 0 Å². The molecule has 7 heteroatoms. The van der Waals surface area contributed by atoms with Crippen LogP contribution in [-0.2, 0) is 9.53 Å². The van der Waals surface area contributed by atoms with E-state index >= 15 is 0 Å². The van der Waals surface area contributed by atoms with Crippen molar-refractivity contribution in [1.29, 1.82) is 0 Å². The van der Waals surface area contributed by atoms with Crippen LogP contribution in [0.15, 0.2) is 69.7 Å². The molecule has 3 heterocycles. The smallest absolute Gasteiger partial charge is 0.322 e. The molecule has 0 saturated heterocycles. The second-order valence-electron chi connectivity index (χ2n) is 6.22. The Morgan fingerprint density at radius 2 is 2.04 bits per heavy atom. The van der Waals surface area contributed by atoms with Crippen LogP contribution in [0.2, 0.25) is 0 Å². The van der Waals surface area contributed by atoms with E-state index in [1.807, 2.05) is 41.4 Å². The Labute approximate surface area is 162 Å². The molecule has 2 aliphatic rings. The number of benzene rings is 1.